The Morgan fingerprint density at radius 1 is 1.36 bits per heavy atom. The number of amides is 2. The lowest BCUT2D eigenvalue weighted by atomic mass is 9.93. The highest BCUT2D eigenvalue weighted by Gasteiger charge is 2.14. The lowest BCUT2D eigenvalue weighted by Gasteiger charge is -2.21. The van der Waals surface area contributed by atoms with E-state index in [9.17, 15) is 9.59 Å². The van der Waals surface area contributed by atoms with Crippen LogP contribution in [0, 0.1) is 5.92 Å². The van der Waals surface area contributed by atoms with Crippen LogP contribution in [0.3, 0.4) is 0 Å². The van der Waals surface area contributed by atoms with Crippen molar-refractivity contribution in [3.63, 3.8) is 0 Å². The van der Waals surface area contributed by atoms with E-state index in [-0.39, 0.29) is 30.6 Å². The Kier molecular flexibility index (Phi) is 7.90. The standard InChI is InChI=1S/C14H23N5O2.ClH/c15-12(20)5-9-19-10-6-13(18-19)17-14(21)2-1-11-3-7-16-8-4-11;/h6,10-11,16H,1-5,7-9H2,(H2,15,20)(H,17,18,21);1H. The number of aromatic nitrogens is 2. The van der Waals surface area contributed by atoms with E-state index in [1.54, 1.807) is 16.9 Å². The van der Waals surface area contributed by atoms with Crippen molar-refractivity contribution in [3.8, 4) is 0 Å². The Labute approximate surface area is 136 Å². The molecular formula is C14H24ClN5O2. The fraction of sp³-hybridized carbons (Fsp3) is 0.643. The van der Waals surface area contributed by atoms with E-state index >= 15 is 0 Å². The second-order valence-corrected chi connectivity index (χ2v) is 5.46. The maximum Gasteiger partial charge on any atom is 0.225 e. The molecule has 0 bridgehead atoms. The van der Waals surface area contributed by atoms with Crippen LogP contribution in [0.2, 0.25) is 0 Å². The first-order valence-corrected chi connectivity index (χ1v) is 7.46. The Morgan fingerprint density at radius 3 is 2.77 bits per heavy atom. The molecule has 124 valence electrons. The lowest BCUT2D eigenvalue weighted by molar-refractivity contribution is -0.118. The van der Waals surface area contributed by atoms with Gasteiger partial charge in [-0.05, 0) is 38.3 Å². The topological polar surface area (TPSA) is 102 Å². The van der Waals surface area contributed by atoms with Crippen molar-refractivity contribution in [2.75, 3.05) is 18.4 Å². The molecule has 0 atom stereocenters. The van der Waals surface area contributed by atoms with Crippen molar-refractivity contribution in [3.05, 3.63) is 12.3 Å². The van der Waals surface area contributed by atoms with Crippen LogP contribution in [0.5, 0.6) is 0 Å². The molecular weight excluding hydrogens is 306 g/mol. The van der Waals surface area contributed by atoms with E-state index < -0.39 is 0 Å². The summed E-state index contributed by atoms with van der Waals surface area (Å²) in [5, 5.41) is 10.3. The van der Waals surface area contributed by atoms with Gasteiger partial charge in [0.2, 0.25) is 11.8 Å². The zero-order chi connectivity index (χ0) is 15.1. The second-order valence-electron chi connectivity index (χ2n) is 5.46. The molecule has 22 heavy (non-hydrogen) atoms. The number of anilines is 1. The molecule has 8 heteroatoms. The summed E-state index contributed by atoms with van der Waals surface area (Å²) in [5.41, 5.74) is 5.08. The summed E-state index contributed by atoms with van der Waals surface area (Å²) < 4.78 is 1.60. The van der Waals surface area contributed by atoms with Crippen LogP contribution in [0.15, 0.2) is 12.3 Å². The summed E-state index contributed by atoms with van der Waals surface area (Å²) >= 11 is 0. The molecule has 1 fully saturated rings. The minimum atomic E-state index is -0.363. The number of hydrogen-bond donors (Lipinski definition) is 3. The Balaban J connectivity index is 0.00000242. The van der Waals surface area contributed by atoms with Crippen LogP contribution in [0.25, 0.3) is 0 Å². The first kappa shape index (κ1) is 18.4. The number of nitrogens with zero attached hydrogens (tertiary/aromatic N) is 2. The monoisotopic (exact) mass is 329 g/mol. The smallest absolute Gasteiger partial charge is 0.225 e. The van der Waals surface area contributed by atoms with Crippen LogP contribution in [-0.2, 0) is 16.1 Å². The normalized spacial score (nSPS) is 15.1. The van der Waals surface area contributed by atoms with Gasteiger partial charge in [-0.1, -0.05) is 0 Å². The number of carbonyl (C=O) groups excluding carboxylic acids is 2. The summed E-state index contributed by atoms with van der Waals surface area (Å²) in [6.07, 6.45) is 5.72. The lowest BCUT2D eigenvalue weighted by Crippen LogP contribution is -2.28. The molecule has 2 amide bonds. The molecule has 0 spiro atoms. The van der Waals surface area contributed by atoms with Gasteiger partial charge in [-0.3, -0.25) is 14.3 Å². The number of primary amides is 1. The summed E-state index contributed by atoms with van der Waals surface area (Å²) in [4.78, 5) is 22.6. The van der Waals surface area contributed by atoms with E-state index in [0.717, 1.165) is 32.4 Å². The van der Waals surface area contributed by atoms with E-state index in [1.165, 1.54) is 0 Å². The van der Waals surface area contributed by atoms with Crippen LogP contribution < -0.4 is 16.4 Å². The summed E-state index contributed by atoms with van der Waals surface area (Å²) in [6, 6.07) is 1.73. The molecule has 1 aromatic rings. The minimum absolute atomic E-state index is 0. The van der Waals surface area contributed by atoms with E-state index in [0.29, 0.717) is 24.7 Å². The zero-order valence-electron chi connectivity index (χ0n) is 12.6. The van der Waals surface area contributed by atoms with E-state index in [1.807, 2.05) is 0 Å². The van der Waals surface area contributed by atoms with Crippen molar-refractivity contribution in [2.24, 2.45) is 11.7 Å². The fourth-order valence-electron chi connectivity index (χ4n) is 2.49. The highest BCUT2D eigenvalue weighted by molar-refractivity contribution is 5.89. The molecule has 0 unspecified atom stereocenters. The molecule has 2 rings (SSSR count). The number of rotatable bonds is 7. The van der Waals surface area contributed by atoms with Crippen LogP contribution in [-0.4, -0.2) is 34.7 Å². The summed E-state index contributed by atoms with van der Waals surface area (Å²) in [5.74, 6) is 0.798. The average Bonchev–Trinajstić information content (AvgIpc) is 2.91. The minimum Gasteiger partial charge on any atom is -0.370 e. The molecule has 0 radical (unpaired) electrons. The number of aryl methyl sites for hydroxylation is 1. The van der Waals surface area contributed by atoms with Crippen molar-refractivity contribution in [1.29, 1.82) is 0 Å². The van der Waals surface area contributed by atoms with Gasteiger partial charge in [-0.2, -0.15) is 5.10 Å². The van der Waals surface area contributed by atoms with Gasteiger partial charge in [0, 0.05) is 31.6 Å². The SMILES string of the molecule is Cl.NC(=O)CCn1ccc(NC(=O)CCC2CCNCC2)n1. The van der Waals surface area contributed by atoms with E-state index in [2.05, 4.69) is 15.7 Å². The highest BCUT2D eigenvalue weighted by atomic mass is 35.5. The van der Waals surface area contributed by atoms with Gasteiger partial charge in [0.1, 0.15) is 0 Å². The number of hydrogen-bond acceptors (Lipinski definition) is 4. The number of carbonyl (C=O) groups is 2. The van der Waals surface area contributed by atoms with Gasteiger partial charge in [0.05, 0.1) is 0 Å². The number of piperidine rings is 1. The summed E-state index contributed by atoms with van der Waals surface area (Å²) in [6.45, 7) is 2.54. The predicted molar refractivity (Wildman–Crippen MR) is 86.7 cm³/mol. The maximum absolute atomic E-state index is 11.9. The van der Waals surface area contributed by atoms with Crippen molar-refractivity contribution in [2.45, 2.75) is 38.6 Å². The van der Waals surface area contributed by atoms with Crippen LogP contribution in [0.1, 0.15) is 32.1 Å². The zero-order valence-corrected chi connectivity index (χ0v) is 13.4. The Hall–Kier alpha value is -1.60. The van der Waals surface area contributed by atoms with Gasteiger partial charge in [0.15, 0.2) is 5.82 Å². The molecule has 1 aliphatic rings. The largest absolute Gasteiger partial charge is 0.370 e. The molecule has 1 saturated heterocycles. The molecule has 4 N–H and O–H groups in total. The Morgan fingerprint density at radius 2 is 2.09 bits per heavy atom. The summed E-state index contributed by atoms with van der Waals surface area (Å²) in [7, 11) is 0. The molecule has 7 nitrogen and oxygen atoms in total. The van der Waals surface area contributed by atoms with Gasteiger partial charge >= 0.3 is 0 Å². The van der Waals surface area contributed by atoms with Gasteiger partial charge in [-0.15, -0.1) is 12.4 Å². The third-order valence-electron chi connectivity index (χ3n) is 3.73. The van der Waals surface area contributed by atoms with Crippen molar-refractivity contribution < 1.29 is 9.59 Å². The van der Waals surface area contributed by atoms with Gasteiger partial charge in [0.25, 0.3) is 0 Å². The number of nitrogens with one attached hydrogen (secondary N) is 2. The van der Waals surface area contributed by atoms with Crippen molar-refractivity contribution in [1.82, 2.24) is 15.1 Å². The first-order valence-electron chi connectivity index (χ1n) is 7.46. The first-order chi connectivity index (χ1) is 10.1. The Bertz CT molecular complexity index is 485. The maximum atomic E-state index is 11.9. The third-order valence-corrected chi connectivity index (χ3v) is 3.73. The van der Waals surface area contributed by atoms with E-state index in [4.69, 9.17) is 5.73 Å². The third kappa shape index (κ3) is 6.44. The van der Waals surface area contributed by atoms with Crippen LogP contribution in [0.4, 0.5) is 5.82 Å². The highest BCUT2D eigenvalue weighted by Crippen LogP contribution is 2.18. The molecule has 0 aliphatic carbocycles. The number of halogens is 1. The fourth-order valence-corrected chi connectivity index (χ4v) is 2.49. The average molecular weight is 330 g/mol. The van der Waals surface area contributed by atoms with Crippen molar-refractivity contribution >= 4 is 30.0 Å². The molecule has 1 aromatic heterocycles. The van der Waals surface area contributed by atoms with Gasteiger partial charge in [-0.25, -0.2) is 0 Å². The molecule has 0 aromatic carbocycles. The molecule has 1 aliphatic heterocycles. The predicted octanol–water partition coefficient (Wildman–Crippen LogP) is 0.899. The van der Waals surface area contributed by atoms with Crippen LogP contribution >= 0.6 is 12.4 Å². The molecule has 0 saturated carbocycles. The molecule has 2 heterocycles. The number of nitrogens with two attached hydrogens (primary N) is 1. The second kappa shape index (κ2) is 9.42. The van der Waals surface area contributed by atoms with Gasteiger partial charge < -0.3 is 16.4 Å². The quantitative estimate of drug-likeness (QED) is 0.691.